The molecule has 0 spiro atoms. The van der Waals surface area contributed by atoms with Crippen LogP contribution in [0.2, 0.25) is 0 Å². The molecule has 0 aromatic carbocycles. The van der Waals surface area contributed by atoms with Crippen molar-refractivity contribution in [3.05, 3.63) is 16.1 Å². The number of hydrogen-bond acceptors (Lipinski definition) is 4. The first-order chi connectivity index (χ1) is 8.06. The molecule has 1 N–H and O–H groups in total. The zero-order valence-corrected chi connectivity index (χ0v) is 12.0. The van der Waals surface area contributed by atoms with Gasteiger partial charge >= 0.3 is 0 Å². The fraction of sp³-hybridized carbons (Fsp3) is 0.769. The smallest absolute Gasteiger partial charge is 0.107 e. The summed E-state index contributed by atoms with van der Waals surface area (Å²) in [6.07, 6.45) is 0. The molecule has 0 amide bonds. The molecule has 1 aliphatic rings. The van der Waals surface area contributed by atoms with Gasteiger partial charge in [0.2, 0.25) is 0 Å². The highest BCUT2D eigenvalue weighted by Crippen LogP contribution is 2.19. The van der Waals surface area contributed by atoms with Crippen LogP contribution in [0.15, 0.2) is 5.38 Å². The van der Waals surface area contributed by atoms with Crippen LogP contribution in [0, 0.1) is 12.8 Å². The first-order valence-corrected chi connectivity index (χ1v) is 7.32. The van der Waals surface area contributed by atoms with Crippen molar-refractivity contribution in [2.75, 3.05) is 13.1 Å². The van der Waals surface area contributed by atoms with Gasteiger partial charge in [0.05, 0.1) is 6.54 Å². The van der Waals surface area contributed by atoms with Crippen molar-refractivity contribution in [3.63, 3.8) is 0 Å². The Hall–Kier alpha value is -0.450. The van der Waals surface area contributed by atoms with Crippen LogP contribution in [0.1, 0.15) is 31.5 Å². The lowest BCUT2D eigenvalue weighted by atomic mass is 9.99. The van der Waals surface area contributed by atoms with E-state index in [2.05, 4.69) is 48.3 Å². The molecule has 1 aromatic heterocycles. The number of nitrogens with zero attached hydrogens (tertiary/aromatic N) is 2. The Morgan fingerprint density at radius 1 is 1.59 bits per heavy atom. The molecular formula is C13H23N3S. The SMILES string of the molecule is Cc1csc(CN2CC(C)NCC2C(C)C)n1. The Morgan fingerprint density at radius 2 is 2.35 bits per heavy atom. The molecular weight excluding hydrogens is 230 g/mol. The Balaban J connectivity index is 2.04. The van der Waals surface area contributed by atoms with Gasteiger partial charge in [-0.15, -0.1) is 11.3 Å². The van der Waals surface area contributed by atoms with E-state index >= 15 is 0 Å². The summed E-state index contributed by atoms with van der Waals surface area (Å²) in [4.78, 5) is 7.17. The van der Waals surface area contributed by atoms with Crippen LogP contribution in [0.5, 0.6) is 0 Å². The highest BCUT2D eigenvalue weighted by molar-refractivity contribution is 7.09. The van der Waals surface area contributed by atoms with Crippen LogP contribution < -0.4 is 5.32 Å². The van der Waals surface area contributed by atoms with Crippen LogP contribution in [0.25, 0.3) is 0 Å². The number of rotatable bonds is 3. The van der Waals surface area contributed by atoms with E-state index in [4.69, 9.17) is 0 Å². The molecule has 1 saturated heterocycles. The quantitative estimate of drug-likeness (QED) is 0.895. The molecule has 0 radical (unpaired) electrons. The van der Waals surface area contributed by atoms with Crippen LogP contribution in [0.4, 0.5) is 0 Å². The molecule has 2 heterocycles. The molecule has 1 aliphatic heterocycles. The molecule has 0 aliphatic carbocycles. The molecule has 2 atom stereocenters. The van der Waals surface area contributed by atoms with Crippen molar-refractivity contribution in [1.82, 2.24) is 15.2 Å². The zero-order chi connectivity index (χ0) is 12.4. The van der Waals surface area contributed by atoms with Gasteiger partial charge in [0.15, 0.2) is 0 Å². The molecule has 4 heteroatoms. The van der Waals surface area contributed by atoms with Crippen molar-refractivity contribution in [2.45, 2.75) is 46.3 Å². The molecule has 3 nitrogen and oxygen atoms in total. The highest BCUT2D eigenvalue weighted by Gasteiger charge is 2.28. The molecule has 0 saturated carbocycles. The Kier molecular flexibility index (Phi) is 4.17. The second-order valence-electron chi connectivity index (χ2n) is 5.43. The molecule has 2 unspecified atom stereocenters. The first kappa shape index (κ1) is 13.0. The van der Waals surface area contributed by atoms with Crippen molar-refractivity contribution in [3.8, 4) is 0 Å². The second kappa shape index (κ2) is 5.46. The number of nitrogens with one attached hydrogen (secondary N) is 1. The van der Waals surface area contributed by atoms with Gasteiger partial charge in [-0.2, -0.15) is 0 Å². The standard InChI is InChI=1S/C13H23N3S/c1-9(2)12-5-14-10(3)6-16(12)7-13-15-11(4)8-17-13/h8-10,12,14H,5-7H2,1-4H3. The maximum Gasteiger partial charge on any atom is 0.107 e. The van der Waals surface area contributed by atoms with Gasteiger partial charge in [-0.05, 0) is 19.8 Å². The highest BCUT2D eigenvalue weighted by atomic mass is 32.1. The van der Waals surface area contributed by atoms with Gasteiger partial charge in [-0.25, -0.2) is 4.98 Å². The van der Waals surface area contributed by atoms with Gasteiger partial charge in [0.25, 0.3) is 0 Å². The van der Waals surface area contributed by atoms with Crippen molar-refractivity contribution < 1.29 is 0 Å². The van der Waals surface area contributed by atoms with Crippen molar-refractivity contribution in [1.29, 1.82) is 0 Å². The van der Waals surface area contributed by atoms with Crippen LogP contribution in [-0.2, 0) is 6.54 Å². The largest absolute Gasteiger partial charge is 0.311 e. The summed E-state index contributed by atoms with van der Waals surface area (Å²) in [5.74, 6) is 0.691. The van der Waals surface area contributed by atoms with E-state index in [1.54, 1.807) is 11.3 Å². The van der Waals surface area contributed by atoms with E-state index in [1.165, 1.54) is 5.01 Å². The van der Waals surface area contributed by atoms with Gasteiger partial charge in [-0.1, -0.05) is 13.8 Å². The second-order valence-corrected chi connectivity index (χ2v) is 6.38. The zero-order valence-electron chi connectivity index (χ0n) is 11.2. The molecule has 96 valence electrons. The van der Waals surface area contributed by atoms with Gasteiger partial charge in [0, 0.05) is 36.2 Å². The Labute approximate surface area is 108 Å². The number of hydrogen-bond donors (Lipinski definition) is 1. The average Bonchev–Trinajstić information content (AvgIpc) is 2.63. The predicted molar refractivity (Wildman–Crippen MR) is 73.4 cm³/mol. The van der Waals surface area contributed by atoms with E-state index in [-0.39, 0.29) is 0 Å². The number of thiazole rings is 1. The third-order valence-electron chi connectivity index (χ3n) is 3.43. The summed E-state index contributed by atoms with van der Waals surface area (Å²) in [5.41, 5.74) is 1.15. The topological polar surface area (TPSA) is 28.2 Å². The van der Waals surface area contributed by atoms with Crippen molar-refractivity contribution >= 4 is 11.3 Å². The Bertz CT molecular complexity index is 361. The lowest BCUT2D eigenvalue weighted by Gasteiger charge is -2.41. The summed E-state index contributed by atoms with van der Waals surface area (Å²) in [6, 6.07) is 1.22. The third kappa shape index (κ3) is 3.27. The minimum Gasteiger partial charge on any atom is -0.311 e. The number of aromatic nitrogens is 1. The van der Waals surface area contributed by atoms with Crippen LogP contribution >= 0.6 is 11.3 Å². The predicted octanol–water partition coefficient (Wildman–Crippen LogP) is 2.27. The molecule has 1 aromatic rings. The molecule has 17 heavy (non-hydrogen) atoms. The fourth-order valence-corrected chi connectivity index (χ4v) is 3.29. The van der Waals surface area contributed by atoms with Crippen LogP contribution in [-0.4, -0.2) is 35.1 Å². The summed E-state index contributed by atoms with van der Waals surface area (Å²) in [7, 11) is 0. The van der Waals surface area contributed by atoms with E-state index < -0.39 is 0 Å². The average molecular weight is 253 g/mol. The lowest BCUT2D eigenvalue weighted by molar-refractivity contribution is 0.0955. The number of aryl methyl sites for hydroxylation is 1. The summed E-state index contributed by atoms with van der Waals surface area (Å²) in [5, 5.41) is 6.97. The summed E-state index contributed by atoms with van der Waals surface area (Å²) >= 11 is 1.78. The summed E-state index contributed by atoms with van der Waals surface area (Å²) in [6.45, 7) is 12.2. The summed E-state index contributed by atoms with van der Waals surface area (Å²) < 4.78 is 0. The minimum atomic E-state index is 0.589. The normalized spacial score (nSPS) is 26.6. The molecule has 1 fully saturated rings. The Morgan fingerprint density at radius 3 is 2.94 bits per heavy atom. The van der Waals surface area contributed by atoms with E-state index in [9.17, 15) is 0 Å². The van der Waals surface area contributed by atoms with Gasteiger partial charge in [0.1, 0.15) is 5.01 Å². The van der Waals surface area contributed by atoms with E-state index in [0.717, 1.165) is 25.3 Å². The maximum absolute atomic E-state index is 4.58. The van der Waals surface area contributed by atoms with Crippen molar-refractivity contribution in [2.24, 2.45) is 5.92 Å². The lowest BCUT2D eigenvalue weighted by Crippen LogP contribution is -2.56. The van der Waals surface area contributed by atoms with Gasteiger partial charge in [-0.3, -0.25) is 4.90 Å². The number of piperazine rings is 1. The maximum atomic E-state index is 4.58. The van der Waals surface area contributed by atoms with Crippen LogP contribution in [0.3, 0.4) is 0 Å². The molecule has 2 rings (SSSR count). The molecule has 0 bridgehead atoms. The fourth-order valence-electron chi connectivity index (χ4n) is 2.49. The van der Waals surface area contributed by atoms with E-state index in [0.29, 0.717) is 18.0 Å². The minimum absolute atomic E-state index is 0.589. The van der Waals surface area contributed by atoms with E-state index in [1.807, 2.05) is 0 Å². The monoisotopic (exact) mass is 253 g/mol. The third-order valence-corrected chi connectivity index (χ3v) is 4.38. The first-order valence-electron chi connectivity index (χ1n) is 6.44. The van der Waals surface area contributed by atoms with Gasteiger partial charge < -0.3 is 5.32 Å².